The van der Waals surface area contributed by atoms with Crippen molar-refractivity contribution in [2.45, 2.75) is 25.3 Å². The number of benzene rings is 1. The second-order valence-corrected chi connectivity index (χ2v) is 6.75. The first-order valence-electron chi connectivity index (χ1n) is 8.61. The number of fused-ring (bicyclic) bond motifs is 4. The first kappa shape index (κ1) is 14.6. The molecular formula is C18H24N4O. The molecule has 3 saturated heterocycles. The van der Waals surface area contributed by atoms with Crippen LogP contribution < -0.4 is 10.6 Å². The van der Waals surface area contributed by atoms with Crippen molar-refractivity contribution >= 4 is 16.9 Å². The minimum absolute atomic E-state index is 0.0245. The van der Waals surface area contributed by atoms with E-state index in [9.17, 15) is 4.79 Å². The van der Waals surface area contributed by atoms with Crippen molar-refractivity contribution in [3.8, 4) is 0 Å². The van der Waals surface area contributed by atoms with E-state index in [0.717, 1.165) is 18.5 Å². The quantitative estimate of drug-likeness (QED) is 0.810. The minimum atomic E-state index is -0.0245. The van der Waals surface area contributed by atoms with Gasteiger partial charge in [-0.2, -0.15) is 0 Å². The number of nitrogens with zero attached hydrogens (tertiary/aromatic N) is 1. The summed E-state index contributed by atoms with van der Waals surface area (Å²) in [7, 11) is 0. The Kier molecular flexibility index (Phi) is 3.95. The Labute approximate surface area is 136 Å². The van der Waals surface area contributed by atoms with Crippen LogP contribution in [-0.4, -0.2) is 48.1 Å². The maximum absolute atomic E-state index is 12.1. The SMILES string of the molecule is O=C(NCCc1c[nH]c2ccccc12)N[C@@H]1CN2CCC1CC2. The lowest BCUT2D eigenvalue weighted by Gasteiger charge is -2.44. The lowest BCUT2D eigenvalue weighted by Crippen LogP contribution is -2.58. The number of urea groups is 1. The highest BCUT2D eigenvalue weighted by molar-refractivity contribution is 5.83. The Hall–Kier alpha value is -2.01. The summed E-state index contributed by atoms with van der Waals surface area (Å²) in [6.07, 6.45) is 5.33. The number of rotatable bonds is 4. The Morgan fingerprint density at radius 3 is 2.87 bits per heavy atom. The van der Waals surface area contributed by atoms with E-state index in [1.807, 2.05) is 18.3 Å². The molecular weight excluding hydrogens is 288 g/mol. The molecule has 0 unspecified atom stereocenters. The molecule has 0 spiro atoms. The molecule has 3 aliphatic heterocycles. The van der Waals surface area contributed by atoms with Crippen LogP contribution in [0.5, 0.6) is 0 Å². The minimum Gasteiger partial charge on any atom is -0.361 e. The number of hydrogen-bond acceptors (Lipinski definition) is 2. The van der Waals surface area contributed by atoms with E-state index in [0.29, 0.717) is 18.5 Å². The van der Waals surface area contributed by atoms with Gasteiger partial charge >= 0.3 is 6.03 Å². The van der Waals surface area contributed by atoms with Gasteiger partial charge < -0.3 is 20.5 Å². The monoisotopic (exact) mass is 312 g/mol. The van der Waals surface area contributed by atoms with Crippen molar-refractivity contribution in [3.05, 3.63) is 36.0 Å². The molecule has 0 aliphatic carbocycles. The van der Waals surface area contributed by atoms with Crippen molar-refractivity contribution in [3.63, 3.8) is 0 Å². The molecule has 1 aromatic heterocycles. The normalized spacial score (nSPS) is 26.3. The van der Waals surface area contributed by atoms with Crippen LogP contribution in [0.2, 0.25) is 0 Å². The van der Waals surface area contributed by atoms with Crippen LogP contribution >= 0.6 is 0 Å². The third kappa shape index (κ3) is 3.06. The fraction of sp³-hybridized carbons (Fsp3) is 0.500. The smallest absolute Gasteiger partial charge is 0.315 e. The summed E-state index contributed by atoms with van der Waals surface area (Å²) in [5, 5.41) is 7.42. The largest absolute Gasteiger partial charge is 0.361 e. The van der Waals surface area contributed by atoms with Gasteiger partial charge in [0.25, 0.3) is 0 Å². The fourth-order valence-corrected chi connectivity index (χ4v) is 4.00. The van der Waals surface area contributed by atoms with E-state index in [1.165, 1.54) is 36.9 Å². The van der Waals surface area contributed by atoms with Crippen molar-refractivity contribution in [2.75, 3.05) is 26.2 Å². The van der Waals surface area contributed by atoms with Gasteiger partial charge in [0, 0.05) is 36.2 Å². The van der Waals surface area contributed by atoms with E-state index < -0.39 is 0 Å². The van der Waals surface area contributed by atoms with Crippen LogP contribution in [-0.2, 0) is 6.42 Å². The van der Waals surface area contributed by atoms with Gasteiger partial charge in [-0.05, 0) is 49.9 Å². The van der Waals surface area contributed by atoms with Crippen molar-refractivity contribution < 1.29 is 4.79 Å². The van der Waals surface area contributed by atoms with Gasteiger partial charge in [-0.15, -0.1) is 0 Å². The van der Waals surface area contributed by atoms with Crippen molar-refractivity contribution in [1.29, 1.82) is 0 Å². The Morgan fingerprint density at radius 1 is 1.26 bits per heavy atom. The molecule has 2 amide bonds. The average Bonchev–Trinajstić information content (AvgIpc) is 2.99. The molecule has 3 aliphatic rings. The molecule has 5 heteroatoms. The van der Waals surface area contributed by atoms with E-state index >= 15 is 0 Å². The van der Waals surface area contributed by atoms with Crippen LogP contribution in [0.4, 0.5) is 4.79 Å². The highest BCUT2D eigenvalue weighted by Gasteiger charge is 2.34. The third-order valence-corrected chi connectivity index (χ3v) is 5.33. The van der Waals surface area contributed by atoms with Crippen LogP contribution in [0, 0.1) is 5.92 Å². The third-order valence-electron chi connectivity index (χ3n) is 5.33. The zero-order valence-electron chi connectivity index (χ0n) is 13.3. The number of aromatic nitrogens is 1. The summed E-state index contributed by atoms with van der Waals surface area (Å²) in [6.45, 7) is 4.07. The van der Waals surface area contributed by atoms with E-state index in [2.05, 4.69) is 32.7 Å². The molecule has 3 fully saturated rings. The number of hydrogen-bond donors (Lipinski definition) is 3. The number of carbonyl (C=O) groups is 1. The number of para-hydroxylation sites is 1. The lowest BCUT2D eigenvalue weighted by atomic mass is 9.84. The number of amides is 2. The number of H-pyrrole nitrogens is 1. The Morgan fingerprint density at radius 2 is 2.09 bits per heavy atom. The highest BCUT2D eigenvalue weighted by atomic mass is 16.2. The predicted octanol–water partition coefficient (Wildman–Crippen LogP) is 2.10. The summed E-state index contributed by atoms with van der Waals surface area (Å²) in [6, 6.07) is 8.57. The lowest BCUT2D eigenvalue weighted by molar-refractivity contribution is 0.0766. The van der Waals surface area contributed by atoms with Gasteiger partial charge in [0.05, 0.1) is 0 Å². The Bertz CT molecular complexity index is 687. The van der Waals surface area contributed by atoms with Crippen LogP contribution in [0.15, 0.2) is 30.5 Å². The molecule has 4 heterocycles. The van der Waals surface area contributed by atoms with E-state index in [4.69, 9.17) is 0 Å². The molecule has 1 aromatic carbocycles. The molecule has 5 nitrogen and oxygen atoms in total. The Balaban J connectivity index is 1.27. The molecule has 5 rings (SSSR count). The molecule has 3 N–H and O–H groups in total. The molecule has 1 atom stereocenters. The number of piperidine rings is 3. The average molecular weight is 312 g/mol. The van der Waals surface area contributed by atoms with Gasteiger partial charge in [-0.3, -0.25) is 0 Å². The summed E-state index contributed by atoms with van der Waals surface area (Å²) in [5.74, 6) is 0.666. The maximum atomic E-state index is 12.1. The van der Waals surface area contributed by atoms with Crippen molar-refractivity contribution in [2.24, 2.45) is 5.92 Å². The van der Waals surface area contributed by atoms with Gasteiger partial charge in [0.1, 0.15) is 0 Å². The van der Waals surface area contributed by atoms with Gasteiger partial charge in [0.15, 0.2) is 0 Å². The van der Waals surface area contributed by atoms with Crippen LogP contribution in [0.1, 0.15) is 18.4 Å². The topological polar surface area (TPSA) is 60.2 Å². The molecule has 2 bridgehead atoms. The summed E-state index contributed by atoms with van der Waals surface area (Å²) in [4.78, 5) is 17.9. The number of nitrogens with one attached hydrogen (secondary N) is 3. The first-order chi connectivity index (χ1) is 11.3. The number of aromatic amines is 1. The second kappa shape index (κ2) is 6.24. The molecule has 0 radical (unpaired) electrons. The second-order valence-electron chi connectivity index (χ2n) is 6.75. The summed E-state index contributed by atoms with van der Waals surface area (Å²) >= 11 is 0. The van der Waals surface area contributed by atoms with Crippen LogP contribution in [0.3, 0.4) is 0 Å². The van der Waals surface area contributed by atoms with E-state index in [-0.39, 0.29) is 6.03 Å². The first-order valence-corrected chi connectivity index (χ1v) is 8.61. The molecule has 0 saturated carbocycles. The molecule has 122 valence electrons. The van der Waals surface area contributed by atoms with Gasteiger partial charge in [0.2, 0.25) is 0 Å². The van der Waals surface area contributed by atoms with Crippen LogP contribution in [0.25, 0.3) is 10.9 Å². The maximum Gasteiger partial charge on any atom is 0.315 e. The molecule has 23 heavy (non-hydrogen) atoms. The summed E-state index contributed by atoms with van der Waals surface area (Å²) in [5.41, 5.74) is 2.41. The summed E-state index contributed by atoms with van der Waals surface area (Å²) < 4.78 is 0. The molecule has 2 aromatic rings. The zero-order chi connectivity index (χ0) is 15.6. The fourth-order valence-electron chi connectivity index (χ4n) is 4.00. The predicted molar refractivity (Wildman–Crippen MR) is 91.5 cm³/mol. The van der Waals surface area contributed by atoms with Gasteiger partial charge in [-0.25, -0.2) is 4.79 Å². The standard InChI is InChI=1S/C18H24N4O/c23-18(21-17-12-22-9-6-13(17)7-10-22)19-8-5-14-11-20-16-4-2-1-3-15(14)16/h1-4,11,13,17,20H,5-10,12H2,(H2,19,21,23)/t17-/m1/s1. The number of carbonyl (C=O) groups excluding carboxylic acids is 1. The highest BCUT2D eigenvalue weighted by Crippen LogP contribution is 2.27. The van der Waals surface area contributed by atoms with Gasteiger partial charge in [-0.1, -0.05) is 18.2 Å². The zero-order valence-corrected chi connectivity index (χ0v) is 13.3. The van der Waals surface area contributed by atoms with E-state index in [1.54, 1.807) is 0 Å². The van der Waals surface area contributed by atoms with Crippen molar-refractivity contribution in [1.82, 2.24) is 20.5 Å².